The summed E-state index contributed by atoms with van der Waals surface area (Å²) in [7, 11) is 0. The van der Waals surface area contributed by atoms with Gasteiger partial charge in [0.2, 0.25) is 0 Å². The van der Waals surface area contributed by atoms with Crippen LogP contribution in [0.4, 0.5) is 4.79 Å². The van der Waals surface area contributed by atoms with Crippen LogP contribution in [0.3, 0.4) is 0 Å². The summed E-state index contributed by atoms with van der Waals surface area (Å²) in [4.78, 5) is 22.2. The zero-order valence-corrected chi connectivity index (χ0v) is 10.3. The number of carbonyl (C=O) groups excluding carboxylic acids is 1. The fourth-order valence-corrected chi connectivity index (χ4v) is 1.33. The van der Waals surface area contributed by atoms with Gasteiger partial charge in [0, 0.05) is 13.2 Å². The van der Waals surface area contributed by atoms with E-state index in [4.69, 9.17) is 9.84 Å². The molecule has 1 saturated carbocycles. The molecule has 17 heavy (non-hydrogen) atoms. The van der Waals surface area contributed by atoms with Gasteiger partial charge < -0.3 is 20.5 Å². The van der Waals surface area contributed by atoms with E-state index in [0.29, 0.717) is 38.5 Å². The van der Waals surface area contributed by atoms with Gasteiger partial charge in [0.25, 0.3) is 0 Å². The summed E-state index contributed by atoms with van der Waals surface area (Å²) in [6, 6.07) is -0.446. The van der Waals surface area contributed by atoms with Crippen LogP contribution in [-0.2, 0) is 9.53 Å². The fourth-order valence-electron chi connectivity index (χ4n) is 1.33. The summed E-state index contributed by atoms with van der Waals surface area (Å²) in [5, 5.41) is 13.9. The third kappa shape index (κ3) is 4.60. The molecule has 0 radical (unpaired) electrons. The monoisotopic (exact) mass is 244 g/mol. The van der Waals surface area contributed by atoms with Crippen molar-refractivity contribution in [2.45, 2.75) is 32.2 Å². The lowest BCUT2D eigenvalue weighted by atomic mass is 10.2. The van der Waals surface area contributed by atoms with Gasteiger partial charge in [-0.2, -0.15) is 0 Å². The number of carboxylic acid groups (broad SMARTS) is 1. The molecule has 0 heterocycles. The molecule has 1 aliphatic rings. The maximum Gasteiger partial charge on any atom is 0.329 e. The molecular formula is C11H20N2O4. The third-order valence-corrected chi connectivity index (χ3v) is 2.50. The van der Waals surface area contributed by atoms with E-state index in [0.717, 1.165) is 0 Å². The van der Waals surface area contributed by atoms with Crippen LogP contribution in [0.25, 0.3) is 0 Å². The molecule has 0 bridgehead atoms. The summed E-state index contributed by atoms with van der Waals surface area (Å²) < 4.78 is 5.28. The average Bonchev–Trinajstić information content (AvgIpc) is 2.97. The van der Waals surface area contributed by atoms with Crippen molar-refractivity contribution in [3.63, 3.8) is 0 Å². The lowest BCUT2D eigenvalue weighted by molar-refractivity contribution is -0.140. The first-order valence-corrected chi connectivity index (χ1v) is 5.83. The number of carbonyl (C=O) groups is 2. The lowest BCUT2D eigenvalue weighted by Crippen LogP contribution is -2.48. The van der Waals surface area contributed by atoms with E-state index in [1.165, 1.54) is 0 Å². The minimum atomic E-state index is -1.02. The minimum absolute atomic E-state index is 0.383. The predicted molar refractivity (Wildman–Crippen MR) is 61.8 cm³/mol. The Kier molecular flexibility index (Phi) is 4.74. The van der Waals surface area contributed by atoms with E-state index in [2.05, 4.69) is 10.6 Å². The quantitative estimate of drug-likeness (QED) is 0.571. The first kappa shape index (κ1) is 13.8. The van der Waals surface area contributed by atoms with Crippen molar-refractivity contribution in [1.82, 2.24) is 10.6 Å². The standard InChI is InChI=1S/C11H20N2O4/c1-8(2)7-17-6-5-12-10(16)13-11(3-4-11)9(14)15/h8H,3-7H2,1-2H3,(H,14,15)(H2,12,13,16). The molecule has 0 aromatic heterocycles. The molecule has 3 N–H and O–H groups in total. The number of amides is 2. The topological polar surface area (TPSA) is 87.7 Å². The summed E-state index contributed by atoms with van der Waals surface area (Å²) >= 11 is 0. The molecular weight excluding hydrogens is 224 g/mol. The molecule has 0 spiro atoms. The van der Waals surface area contributed by atoms with E-state index < -0.39 is 17.5 Å². The molecule has 0 aliphatic heterocycles. The van der Waals surface area contributed by atoms with Crippen molar-refractivity contribution in [3.8, 4) is 0 Å². The Balaban J connectivity index is 2.08. The molecule has 1 aliphatic carbocycles. The zero-order chi connectivity index (χ0) is 12.9. The molecule has 0 aromatic carbocycles. The first-order valence-electron chi connectivity index (χ1n) is 5.83. The molecule has 0 saturated heterocycles. The van der Waals surface area contributed by atoms with Crippen molar-refractivity contribution in [2.24, 2.45) is 5.92 Å². The molecule has 0 atom stereocenters. The van der Waals surface area contributed by atoms with E-state index in [-0.39, 0.29) is 0 Å². The second kappa shape index (κ2) is 5.86. The van der Waals surface area contributed by atoms with Crippen molar-refractivity contribution < 1.29 is 19.4 Å². The summed E-state index contributed by atoms with van der Waals surface area (Å²) in [6.45, 7) is 5.57. The van der Waals surface area contributed by atoms with Gasteiger partial charge in [-0.15, -0.1) is 0 Å². The molecule has 1 rings (SSSR count). The van der Waals surface area contributed by atoms with E-state index >= 15 is 0 Å². The van der Waals surface area contributed by atoms with Gasteiger partial charge >= 0.3 is 12.0 Å². The summed E-state index contributed by atoms with van der Waals surface area (Å²) in [5.41, 5.74) is -1.02. The second-order valence-corrected chi connectivity index (χ2v) is 4.74. The summed E-state index contributed by atoms with van der Waals surface area (Å²) in [5.74, 6) is -0.505. The highest BCUT2D eigenvalue weighted by molar-refractivity contribution is 5.88. The van der Waals surface area contributed by atoms with Crippen molar-refractivity contribution in [3.05, 3.63) is 0 Å². The normalized spacial score (nSPS) is 16.6. The highest BCUT2D eigenvalue weighted by Crippen LogP contribution is 2.35. The van der Waals surface area contributed by atoms with Crippen LogP contribution >= 0.6 is 0 Å². The smallest absolute Gasteiger partial charge is 0.329 e. The van der Waals surface area contributed by atoms with Gasteiger partial charge in [0.05, 0.1) is 6.61 Å². The Morgan fingerprint density at radius 2 is 2.06 bits per heavy atom. The predicted octanol–water partition coefficient (Wildman–Crippen LogP) is 0.575. The van der Waals surface area contributed by atoms with Crippen LogP contribution in [0.15, 0.2) is 0 Å². The number of ether oxygens (including phenoxy) is 1. The lowest BCUT2D eigenvalue weighted by Gasteiger charge is -2.13. The third-order valence-electron chi connectivity index (χ3n) is 2.50. The molecule has 0 unspecified atom stereocenters. The van der Waals surface area contributed by atoms with Gasteiger partial charge in [-0.1, -0.05) is 13.8 Å². The highest BCUT2D eigenvalue weighted by Gasteiger charge is 2.51. The van der Waals surface area contributed by atoms with Gasteiger partial charge in [-0.3, -0.25) is 0 Å². The van der Waals surface area contributed by atoms with Gasteiger partial charge in [0.1, 0.15) is 5.54 Å². The van der Waals surface area contributed by atoms with Crippen molar-refractivity contribution in [1.29, 1.82) is 0 Å². The second-order valence-electron chi connectivity index (χ2n) is 4.74. The summed E-state index contributed by atoms with van der Waals surface area (Å²) in [6.07, 6.45) is 0.999. The number of urea groups is 1. The first-order chi connectivity index (χ1) is 7.96. The largest absolute Gasteiger partial charge is 0.480 e. The Morgan fingerprint density at radius 3 is 2.53 bits per heavy atom. The molecule has 1 fully saturated rings. The minimum Gasteiger partial charge on any atom is -0.480 e. The van der Waals surface area contributed by atoms with Crippen LogP contribution in [-0.4, -0.2) is 42.4 Å². The van der Waals surface area contributed by atoms with Gasteiger partial charge in [0.15, 0.2) is 0 Å². The Labute approximate surface area is 101 Å². The maximum absolute atomic E-state index is 11.4. The Morgan fingerprint density at radius 1 is 1.41 bits per heavy atom. The number of carboxylic acids is 1. The highest BCUT2D eigenvalue weighted by atomic mass is 16.5. The van der Waals surface area contributed by atoms with Gasteiger partial charge in [-0.25, -0.2) is 9.59 Å². The maximum atomic E-state index is 11.4. The Hall–Kier alpha value is -1.30. The fraction of sp³-hybridized carbons (Fsp3) is 0.818. The van der Waals surface area contributed by atoms with Gasteiger partial charge in [-0.05, 0) is 18.8 Å². The number of hydrogen-bond acceptors (Lipinski definition) is 3. The SMILES string of the molecule is CC(C)COCCNC(=O)NC1(C(=O)O)CC1. The van der Waals surface area contributed by atoms with Crippen molar-refractivity contribution in [2.75, 3.05) is 19.8 Å². The van der Waals surface area contributed by atoms with Crippen LogP contribution in [0, 0.1) is 5.92 Å². The van der Waals surface area contributed by atoms with Crippen LogP contribution in [0.2, 0.25) is 0 Å². The number of nitrogens with one attached hydrogen (secondary N) is 2. The molecule has 6 heteroatoms. The number of hydrogen-bond donors (Lipinski definition) is 3. The number of rotatable bonds is 7. The van der Waals surface area contributed by atoms with E-state index in [1.807, 2.05) is 13.8 Å². The van der Waals surface area contributed by atoms with Crippen molar-refractivity contribution >= 4 is 12.0 Å². The van der Waals surface area contributed by atoms with E-state index in [9.17, 15) is 9.59 Å². The van der Waals surface area contributed by atoms with Crippen LogP contribution in [0.5, 0.6) is 0 Å². The van der Waals surface area contributed by atoms with E-state index in [1.54, 1.807) is 0 Å². The zero-order valence-electron chi connectivity index (χ0n) is 10.3. The molecule has 6 nitrogen and oxygen atoms in total. The average molecular weight is 244 g/mol. The number of aliphatic carboxylic acids is 1. The molecule has 0 aromatic rings. The van der Waals surface area contributed by atoms with Crippen LogP contribution < -0.4 is 10.6 Å². The molecule has 98 valence electrons. The Bertz CT molecular complexity index is 287. The molecule has 2 amide bonds. The van der Waals surface area contributed by atoms with Crippen LogP contribution in [0.1, 0.15) is 26.7 Å².